The number of halogens is 1. The van der Waals surface area contributed by atoms with Crippen LogP contribution in [0.25, 0.3) is 10.9 Å². The van der Waals surface area contributed by atoms with Crippen molar-refractivity contribution in [1.29, 1.82) is 0 Å². The van der Waals surface area contributed by atoms with Crippen LogP contribution in [0.5, 0.6) is 0 Å². The van der Waals surface area contributed by atoms with E-state index in [9.17, 15) is 4.79 Å². The summed E-state index contributed by atoms with van der Waals surface area (Å²) in [5.41, 5.74) is 7.98. The average Bonchev–Trinajstić information content (AvgIpc) is 2.45. The number of aromatic nitrogens is 1. The molecule has 0 aliphatic carbocycles. The molecule has 1 fully saturated rings. The van der Waals surface area contributed by atoms with E-state index < -0.39 is 0 Å². The zero-order valence-electron chi connectivity index (χ0n) is 13.3. The van der Waals surface area contributed by atoms with Gasteiger partial charge in [-0.25, -0.2) is 4.98 Å². The highest BCUT2D eigenvalue weighted by Crippen LogP contribution is 2.35. The number of carbonyl (C=O) groups is 1. The van der Waals surface area contributed by atoms with E-state index in [2.05, 4.69) is 29.0 Å². The third kappa shape index (κ3) is 3.26. The number of benzene rings is 1. The summed E-state index contributed by atoms with van der Waals surface area (Å²) in [7, 11) is 0. The zero-order valence-corrected chi connectivity index (χ0v) is 14.1. The van der Waals surface area contributed by atoms with Gasteiger partial charge in [-0.3, -0.25) is 4.79 Å². The number of nitrogens with two attached hydrogens (primary N) is 1. The fourth-order valence-corrected chi connectivity index (χ4v) is 3.75. The molecule has 1 aliphatic rings. The van der Waals surface area contributed by atoms with Gasteiger partial charge >= 0.3 is 0 Å². The first kappa shape index (κ1) is 16.0. The summed E-state index contributed by atoms with van der Waals surface area (Å²) < 4.78 is 0. The Labute approximate surface area is 140 Å². The van der Waals surface area contributed by atoms with E-state index in [1.807, 2.05) is 24.3 Å². The highest BCUT2D eigenvalue weighted by molar-refractivity contribution is 6.33. The number of primary amides is 1. The number of carbonyl (C=O) groups excluding carboxylic acids is 1. The number of pyridine rings is 1. The average molecular weight is 333 g/mol. The second-order valence-electron chi connectivity index (χ2n) is 6.26. The van der Waals surface area contributed by atoms with Gasteiger partial charge in [0, 0.05) is 30.6 Å². The lowest BCUT2D eigenvalue weighted by molar-refractivity contribution is -0.117. The van der Waals surface area contributed by atoms with Crippen molar-refractivity contribution in [3.05, 3.63) is 35.0 Å². The van der Waals surface area contributed by atoms with Crippen LogP contribution in [0.15, 0.2) is 24.3 Å². The molecule has 2 heterocycles. The number of rotatable bonds is 3. The van der Waals surface area contributed by atoms with E-state index in [-0.39, 0.29) is 12.3 Å². The van der Waals surface area contributed by atoms with Crippen LogP contribution in [0.1, 0.15) is 19.4 Å². The molecule has 0 bridgehead atoms. The number of amides is 1. The van der Waals surface area contributed by atoms with E-state index in [0.717, 1.165) is 35.2 Å². The lowest BCUT2D eigenvalue weighted by Gasteiger charge is -2.39. The number of para-hydroxylation sites is 1. The number of nitrogens with zero attached hydrogens (tertiary/aromatic N) is 2. The van der Waals surface area contributed by atoms with Crippen molar-refractivity contribution in [2.24, 2.45) is 5.73 Å². The second-order valence-corrected chi connectivity index (χ2v) is 6.62. The highest BCUT2D eigenvalue weighted by atomic mass is 35.5. The molecular formula is C17H21ClN4O. The van der Waals surface area contributed by atoms with Gasteiger partial charge in [0.15, 0.2) is 5.15 Å². The van der Waals surface area contributed by atoms with Gasteiger partial charge in [-0.2, -0.15) is 0 Å². The smallest absolute Gasteiger partial charge is 0.221 e. The van der Waals surface area contributed by atoms with Crippen LogP contribution in [-0.4, -0.2) is 36.1 Å². The fourth-order valence-electron chi connectivity index (χ4n) is 3.42. The summed E-state index contributed by atoms with van der Waals surface area (Å²) >= 11 is 6.50. The first-order valence-electron chi connectivity index (χ1n) is 7.82. The number of piperazine rings is 1. The molecule has 1 aromatic heterocycles. The molecule has 0 unspecified atom stereocenters. The maximum absolute atomic E-state index is 11.6. The van der Waals surface area contributed by atoms with Gasteiger partial charge in [-0.15, -0.1) is 0 Å². The number of anilines is 1. The fraction of sp³-hybridized carbons (Fsp3) is 0.412. The Kier molecular flexibility index (Phi) is 4.41. The highest BCUT2D eigenvalue weighted by Gasteiger charge is 2.26. The summed E-state index contributed by atoms with van der Waals surface area (Å²) in [5, 5.41) is 4.87. The van der Waals surface area contributed by atoms with Crippen molar-refractivity contribution < 1.29 is 4.79 Å². The molecule has 1 aliphatic heterocycles. The maximum atomic E-state index is 11.6. The molecule has 5 nitrogen and oxygen atoms in total. The van der Waals surface area contributed by atoms with E-state index in [1.54, 1.807) is 0 Å². The minimum atomic E-state index is -0.366. The van der Waals surface area contributed by atoms with Crippen LogP contribution in [0.2, 0.25) is 5.15 Å². The lowest BCUT2D eigenvalue weighted by Crippen LogP contribution is -2.54. The Hall–Kier alpha value is -1.85. The Morgan fingerprint density at radius 3 is 2.65 bits per heavy atom. The molecule has 122 valence electrons. The molecular weight excluding hydrogens is 312 g/mol. The van der Waals surface area contributed by atoms with E-state index in [1.165, 1.54) is 0 Å². The van der Waals surface area contributed by atoms with Crippen molar-refractivity contribution in [2.45, 2.75) is 32.4 Å². The van der Waals surface area contributed by atoms with Crippen LogP contribution in [-0.2, 0) is 11.2 Å². The second kappa shape index (κ2) is 6.34. The first-order chi connectivity index (χ1) is 11.0. The molecule has 6 heteroatoms. The minimum Gasteiger partial charge on any atom is -0.369 e. The van der Waals surface area contributed by atoms with Gasteiger partial charge in [-0.05, 0) is 25.5 Å². The third-order valence-corrected chi connectivity index (χ3v) is 4.42. The van der Waals surface area contributed by atoms with E-state index in [0.29, 0.717) is 17.2 Å². The van der Waals surface area contributed by atoms with Crippen LogP contribution in [0.4, 0.5) is 5.69 Å². The summed E-state index contributed by atoms with van der Waals surface area (Å²) in [6, 6.07) is 8.39. The van der Waals surface area contributed by atoms with Gasteiger partial charge in [0.1, 0.15) is 0 Å². The molecule has 1 aromatic carbocycles. The molecule has 3 rings (SSSR count). The predicted molar refractivity (Wildman–Crippen MR) is 93.9 cm³/mol. The Bertz CT molecular complexity index is 739. The van der Waals surface area contributed by atoms with Crippen molar-refractivity contribution in [3.8, 4) is 0 Å². The van der Waals surface area contributed by atoms with Crippen molar-refractivity contribution in [2.75, 3.05) is 18.0 Å². The van der Waals surface area contributed by atoms with Crippen LogP contribution in [0.3, 0.4) is 0 Å². The molecule has 0 spiro atoms. The Morgan fingerprint density at radius 1 is 1.35 bits per heavy atom. The SMILES string of the molecule is C[C@@H]1CN(c2c(Cl)nc3ccccc3c2CC(N)=O)C[C@H](C)N1. The molecule has 0 radical (unpaired) electrons. The standard InChI is InChI=1S/C17H21ClN4O/c1-10-8-22(9-11(2)20-10)16-13(7-15(19)23)12-5-3-4-6-14(12)21-17(16)18/h3-6,10-11,20H,7-9H2,1-2H3,(H2,19,23)/t10-,11+. The summed E-state index contributed by atoms with van der Waals surface area (Å²) in [6.07, 6.45) is 0.158. The Morgan fingerprint density at radius 2 is 2.00 bits per heavy atom. The molecule has 2 aromatic rings. The summed E-state index contributed by atoms with van der Waals surface area (Å²) in [5.74, 6) is -0.366. The molecule has 2 atom stereocenters. The number of hydrogen-bond donors (Lipinski definition) is 2. The van der Waals surface area contributed by atoms with Crippen molar-refractivity contribution in [1.82, 2.24) is 10.3 Å². The lowest BCUT2D eigenvalue weighted by atomic mass is 10.0. The van der Waals surface area contributed by atoms with Gasteiger partial charge in [-0.1, -0.05) is 29.8 Å². The van der Waals surface area contributed by atoms with E-state index in [4.69, 9.17) is 17.3 Å². The molecule has 23 heavy (non-hydrogen) atoms. The van der Waals surface area contributed by atoms with Crippen molar-refractivity contribution in [3.63, 3.8) is 0 Å². The third-order valence-electron chi connectivity index (χ3n) is 4.15. The molecule has 1 saturated heterocycles. The normalized spacial score (nSPS) is 21.6. The van der Waals surface area contributed by atoms with Gasteiger partial charge < -0.3 is 16.0 Å². The van der Waals surface area contributed by atoms with Gasteiger partial charge in [0.25, 0.3) is 0 Å². The molecule has 1 amide bonds. The quantitative estimate of drug-likeness (QED) is 0.844. The maximum Gasteiger partial charge on any atom is 0.221 e. The van der Waals surface area contributed by atoms with Crippen LogP contribution in [0, 0.1) is 0 Å². The number of hydrogen-bond acceptors (Lipinski definition) is 4. The van der Waals surface area contributed by atoms with Crippen LogP contribution >= 0.6 is 11.6 Å². The monoisotopic (exact) mass is 332 g/mol. The Balaban J connectivity index is 2.17. The van der Waals surface area contributed by atoms with E-state index >= 15 is 0 Å². The summed E-state index contributed by atoms with van der Waals surface area (Å²) in [4.78, 5) is 18.3. The topological polar surface area (TPSA) is 71.2 Å². The number of nitrogens with one attached hydrogen (secondary N) is 1. The van der Waals surface area contributed by atoms with Crippen LogP contribution < -0.4 is 16.0 Å². The predicted octanol–water partition coefficient (Wildman–Crippen LogP) is 2.10. The zero-order chi connectivity index (χ0) is 16.6. The first-order valence-corrected chi connectivity index (χ1v) is 8.20. The molecule has 0 saturated carbocycles. The van der Waals surface area contributed by atoms with Crippen molar-refractivity contribution >= 4 is 34.1 Å². The minimum absolute atomic E-state index is 0.158. The van der Waals surface area contributed by atoms with Gasteiger partial charge in [0.2, 0.25) is 5.91 Å². The largest absolute Gasteiger partial charge is 0.369 e. The molecule has 3 N–H and O–H groups in total. The van der Waals surface area contributed by atoms with Gasteiger partial charge in [0.05, 0.1) is 17.6 Å². The number of fused-ring (bicyclic) bond motifs is 1. The summed E-state index contributed by atoms with van der Waals surface area (Å²) in [6.45, 7) is 5.91.